The topological polar surface area (TPSA) is 47.7 Å². The summed E-state index contributed by atoms with van der Waals surface area (Å²) < 4.78 is 11.5. The molecule has 4 nitrogen and oxygen atoms in total. The molecule has 0 radical (unpaired) electrons. The molecule has 0 bridgehead atoms. The van der Waals surface area contributed by atoms with Crippen LogP contribution in [0.25, 0.3) is 10.8 Å². The molecule has 124 valence electrons. The minimum absolute atomic E-state index is 0.129. The van der Waals surface area contributed by atoms with Gasteiger partial charge in [0.15, 0.2) is 0 Å². The van der Waals surface area contributed by atoms with Gasteiger partial charge in [-0.05, 0) is 30.7 Å². The number of nitrogens with two attached hydrogens (primary N) is 1. The number of morpholine rings is 1. The van der Waals surface area contributed by atoms with Crippen LogP contribution in [0.4, 0.5) is 0 Å². The lowest BCUT2D eigenvalue weighted by Gasteiger charge is -2.40. The molecule has 2 N–H and O–H groups in total. The molecule has 1 fully saturated rings. The summed E-state index contributed by atoms with van der Waals surface area (Å²) in [7, 11) is 1.73. The van der Waals surface area contributed by atoms with Crippen molar-refractivity contribution in [3.05, 3.63) is 42.0 Å². The van der Waals surface area contributed by atoms with E-state index in [0.717, 1.165) is 18.8 Å². The highest BCUT2D eigenvalue weighted by Gasteiger charge is 2.30. The van der Waals surface area contributed by atoms with Crippen molar-refractivity contribution in [3.63, 3.8) is 0 Å². The van der Waals surface area contributed by atoms with Crippen LogP contribution in [-0.2, 0) is 4.74 Å². The van der Waals surface area contributed by atoms with Crippen LogP contribution in [0.5, 0.6) is 5.75 Å². The number of ether oxygens (including phenoxy) is 2. The van der Waals surface area contributed by atoms with E-state index in [1.807, 2.05) is 6.07 Å². The van der Waals surface area contributed by atoms with Crippen molar-refractivity contribution in [1.29, 1.82) is 0 Å². The van der Waals surface area contributed by atoms with Crippen molar-refractivity contribution in [2.24, 2.45) is 5.73 Å². The first-order valence-corrected chi connectivity index (χ1v) is 8.29. The second-order valence-corrected chi connectivity index (χ2v) is 6.37. The highest BCUT2D eigenvalue weighted by atomic mass is 16.5. The zero-order valence-electron chi connectivity index (χ0n) is 14.2. The van der Waals surface area contributed by atoms with E-state index >= 15 is 0 Å². The molecule has 1 heterocycles. The molecule has 3 atom stereocenters. The van der Waals surface area contributed by atoms with Gasteiger partial charge in [0.2, 0.25) is 0 Å². The Bertz CT molecular complexity index is 663. The molecule has 0 amide bonds. The Hall–Kier alpha value is -1.62. The van der Waals surface area contributed by atoms with E-state index in [2.05, 4.69) is 49.1 Å². The van der Waals surface area contributed by atoms with Crippen LogP contribution < -0.4 is 10.5 Å². The molecule has 0 aromatic heterocycles. The fourth-order valence-corrected chi connectivity index (χ4v) is 3.72. The molecule has 2 aromatic rings. The minimum atomic E-state index is 0.129. The highest BCUT2D eigenvalue weighted by molar-refractivity contribution is 5.88. The lowest BCUT2D eigenvalue weighted by molar-refractivity contribution is -0.0799. The summed E-state index contributed by atoms with van der Waals surface area (Å²) in [6.45, 7) is 6.58. The van der Waals surface area contributed by atoms with E-state index in [9.17, 15) is 0 Å². The summed E-state index contributed by atoms with van der Waals surface area (Å²) in [6, 6.07) is 12.7. The quantitative estimate of drug-likeness (QED) is 0.942. The molecule has 1 aliphatic heterocycles. The number of fused-ring (bicyclic) bond motifs is 1. The van der Waals surface area contributed by atoms with E-state index in [-0.39, 0.29) is 18.2 Å². The molecular weight excluding hydrogens is 288 g/mol. The normalized spacial score (nSPS) is 23.8. The van der Waals surface area contributed by atoms with Gasteiger partial charge in [0.25, 0.3) is 0 Å². The van der Waals surface area contributed by atoms with Crippen molar-refractivity contribution < 1.29 is 9.47 Å². The van der Waals surface area contributed by atoms with Crippen LogP contribution in [0.3, 0.4) is 0 Å². The molecule has 23 heavy (non-hydrogen) atoms. The maximum absolute atomic E-state index is 6.20. The van der Waals surface area contributed by atoms with Gasteiger partial charge >= 0.3 is 0 Å². The molecular formula is C19H26N2O2. The fraction of sp³-hybridized carbons (Fsp3) is 0.474. The Morgan fingerprint density at radius 2 is 1.87 bits per heavy atom. The largest absolute Gasteiger partial charge is 0.496 e. The average Bonchev–Trinajstić information content (AvgIpc) is 2.55. The number of hydrogen-bond acceptors (Lipinski definition) is 4. The number of hydrogen-bond donors (Lipinski definition) is 1. The van der Waals surface area contributed by atoms with E-state index < -0.39 is 0 Å². The first kappa shape index (κ1) is 16.2. The summed E-state index contributed by atoms with van der Waals surface area (Å²) in [5.74, 6) is 0.908. The fourth-order valence-electron chi connectivity index (χ4n) is 3.72. The van der Waals surface area contributed by atoms with Gasteiger partial charge in [0, 0.05) is 25.2 Å². The number of nitrogens with zero attached hydrogens (tertiary/aromatic N) is 1. The second kappa shape index (κ2) is 6.87. The van der Waals surface area contributed by atoms with Crippen LogP contribution in [0.2, 0.25) is 0 Å². The van der Waals surface area contributed by atoms with Gasteiger partial charge in [0.1, 0.15) is 5.75 Å². The van der Waals surface area contributed by atoms with Gasteiger partial charge in [-0.25, -0.2) is 0 Å². The molecule has 0 spiro atoms. The van der Waals surface area contributed by atoms with Crippen molar-refractivity contribution in [2.45, 2.75) is 32.1 Å². The van der Waals surface area contributed by atoms with Gasteiger partial charge in [-0.1, -0.05) is 30.3 Å². The number of rotatable bonds is 4. The summed E-state index contributed by atoms with van der Waals surface area (Å²) in [5.41, 5.74) is 7.39. The van der Waals surface area contributed by atoms with Gasteiger partial charge in [-0.15, -0.1) is 0 Å². The molecule has 1 saturated heterocycles. The van der Waals surface area contributed by atoms with Crippen molar-refractivity contribution in [3.8, 4) is 5.75 Å². The van der Waals surface area contributed by atoms with Crippen LogP contribution >= 0.6 is 0 Å². The van der Waals surface area contributed by atoms with Crippen molar-refractivity contribution in [1.82, 2.24) is 4.90 Å². The predicted octanol–water partition coefficient (Wildman–Crippen LogP) is 2.96. The van der Waals surface area contributed by atoms with E-state index in [4.69, 9.17) is 15.2 Å². The average molecular weight is 314 g/mol. The molecule has 2 aromatic carbocycles. The van der Waals surface area contributed by atoms with Crippen LogP contribution in [0, 0.1) is 0 Å². The van der Waals surface area contributed by atoms with Crippen molar-refractivity contribution >= 4 is 10.8 Å². The summed E-state index contributed by atoms with van der Waals surface area (Å²) in [4.78, 5) is 2.43. The predicted molar refractivity (Wildman–Crippen MR) is 93.9 cm³/mol. The SMILES string of the molecule is COc1ccc2ccccc2c1[C@@H](CN)N1C[C@@H](C)O[C@@H](C)C1. The third-order valence-electron chi connectivity index (χ3n) is 4.60. The van der Waals surface area contributed by atoms with Gasteiger partial charge in [0.05, 0.1) is 25.4 Å². The standard InChI is InChI=1S/C19H26N2O2/c1-13-11-21(12-14(2)23-13)17(10-20)19-16-7-5-4-6-15(16)8-9-18(19)22-3/h4-9,13-14,17H,10-12,20H2,1-3H3/t13-,14+,17-/m1/s1. The first-order valence-electron chi connectivity index (χ1n) is 8.29. The summed E-state index contributed by atoms with van der Waals surface area (Å²) >= 11 is 0. The number of methoxy groups -OCH3 is 1. The van der Waals surface area contributed by atoms with E-state index in [1.54, 1.807) is 7.11 Å². The summed E-state index contributed by atoms with van der Waals surface area (Å²) in [5, 5.41) is 2.44. The number of benzene rings is 2. The Morgan fingerprint density at radius 1 is 1.17 bits per heavy atom. The lowest BCUT2D eigenvalue weighted by atomic mass is 9.95. The van der Waals surface area contributed by atoms with Gasteiger partial charge in [-0.2, -0.15) is 0 Å². The second-order valence-electron chi connectivity index (χ2n) is 6.37. The molecule has 0 aliphatic carbocycles. The van der Waals surface area contributed by atoms with Crippen LogP contribution in [-0.4, -0.2) is 43.9 Å². The Balaban J connectivity index is 2.08. The zero-order valence-corrected chi connectivity index (χ0v) is 14.2. The zero-order chi connectivity index (χ0) is 16.4. The monoisotopic (exact) mass is 314 g/mol. The molecule has 0 unspecified atom stereocenters. The smallest absolute Gasteiger partial charge is 0.124 e. The Labute approximate surface area is 138 Å². The summed E-state index contributed by atoms with van der Waals surface area (Å²) in [6.07, 6.45) is 0.433. The van der Waals surface area contributed by atoms with E-state index in [1.165, 1.54) is 16.3 Å². The molecule has 1 aliphatic rings. The molecule has 3 rings (SSSR count). The van der Waals surface area contributed by atoms with Crippen LogP contribution in [0.1, 0.15) is 25.5 Å². The molecule has 0 saturated carbocycles. The minimum Gasteiger partial charge on any atom is -0.496 e. The van der Waals surface area contributed by atoms with Crippen LogP contribution in [0.15, 0.2) is 36.4 Å². The van der Waals surface area contributed by atoms with Gasteiger partial charge < -0.3 is 15.2 Å². The van der Waals surface area contributed by atoms with E-state index in [0.29, 0.717) is 6.54 Å². The van der Waals surface area contributed by atoms with Gasteiger partial charge in [-0.3, -0.25) is 4.90 Å². The maximum atomic E-state index is 6.20. The lowest BCUT2D eigenvalue weighted by Crippen LogP contribution is -2.48. The third kappa shape index (κ3) is 3.20. The Kier molecular flexibility index (Phi) is 4.85. The first-order chi connectivity index (χ1) is 11.1. The maximum Gasteiger partial charge on any atom is 0.124 e. The molecule has 4 heteroatoms. The Morgan fingerprint density at radius 3 is 2.52 bits per heavy atom. The van der Waals surface area contributed by atoms with Crippen molar-refractivity contribution in [2.75, 3.05) is 26.7 Å². The highest BCUT2D eigenvalue weighted by Crippen LogP contribution is 2.36. The third-order valence-corrected chi connectivity index (χ3v) is 4.60.